The van der Waals surface area contributed by atoms with E-state index in [0.717, 1.165) is 6.42 Å². The van der Waals surface area contributed by atoms with Crippen LogP contribution in [0.15, 0.2) is 48.8 Å². The van der Waals surface area contributed by atoms with Gasteiger partial charge in [-0.1, -0.05) is 65.0 Å². The highest BCUT2D eigenvalue weighted by molar-refractivity contribution is 5.13. The lowest BCUT2D eigenvalue weighted by Crippen LogP contribution is -1.93. The third-order valence-corrected chi connectivity index (χ3v) is 1.89. The van der Waals surface area contributed by atoms with E-state index in [1.165, 1.54) is 5.56 Å². The number of nitrogens with zero attached hydrogens (tertiary/aromatic N) is 2. The summed E-state index contributed by atoms with van der Waals surface area (Å²) in [7, 11) is 1.89. The van der Waals surface area contributed by atoms with E-state index in [-0.39, 0.29) is 0 Å². The zero-order chi connectivity index (χ0) is 14.7. The second-order valence-electron chi connectivity index (χ2n) is 6.02. The third-order valence-electron chi connectivity index (χ3n) is 1.89. The molecule has 0 radical (unpaired) electrons. The van der Waals surface area contributed by atoms with Gasteiger partial charge in [-0.25, -0.2) is 0 Å². The van der Waals surface area contributed by atoms with Gasteiger partial charge < -0.3 is 0 Å². The maximum atomic E-state index is 3.83. The minimum absolute atomic E-state index is 0.500. The first kappa shape index (κ1) is 17.4. The smallest absolute Gasteiger partial charge is 0.0489 e. The Morgan fingerprint density at radius 1 is 1.00 bits per heavy atom. The van der Waals surface area contributed by atoms with E-state index >= 15 is 0 Å². The fourth-order valence-corrected chi connectivity index (χ4v) is 1.06. The number of hydrogen-bond donors (Lipinski definition) is 0. The van der Waals surface area contributed by atoms with Crippen molar-refractivity contribution >= 4 is 0 Å². The van der Waals surface area contributed by atoms with E-state index in [2.05, 4.69) is 64.0 Å². The molecule has 0 fully saturated rings. The molecule has 1 heterocycles. The van der Waals surface area contributed by atoms with Crippen LogP contribution < -0.4 is 0 Å². The van der Waals surface area contributed by atoms with Crippen molar-refractivity contribution in [1.82, 2.24) is 9.78 Å². The summed E-state index contributed by atoms with van der Waals surface area (Å²) in [6.07, 6.45) is 4.78. The fourth-order valence-electron chi connectivity index (χ4n) is 1.06. The largest absolute Gasteiger partial charge is 0.276 e. The van der Waals surface area contributed by atoms with Gasteiger partial charge >= 0.3 is 0 Å². The molecule has 1 aromatic carbocycles. The molecule has 0 aliphatic rings. The SMILES string of the molecule is CC(C)(C)C.CCc1ccccc1.Cn1cccn1. The quantitative estimate of drug-likeness (QED) is 0.725. The molecule has 0 N–H and O–H groups in total. The molecule has 0 aliphatic carbocycles. The Kier molecular flexibility index (Phi) is 8.60. The van der Waals surface area contributed by atoms with Gasteiger partial charge in [-0.05, 0) is 23.5 Å². The predicted octanol–water partition coefficient (Wildman–Crippen LogP) is 4.72. The van der Waals surface area contributed by atoms with Gasteiger partial charge in [-0.2, -0.15) is 5.10 Å². The van der Waals surface area contributed by atoms with Crippen LogP contribution in [0.4, 0.5) is 0 Å². The molecule has 2 nitrogen and oxygen atoms in total. The Hall–Kier alpha value is -1.57. The third kappa shape index (κ3) is 14.4. The molecule has 0 amide bonds. The van der Waals surface area contributed by atoms with Crippen molar-refractivity contribution in [1.29, 1.82) is 0 Å². The average molecular weight is 260 g/mol. The van der Waals surface area contributed by atoms with Crippen molar-refractivity contribution in [2.45, 2.75) is 41.0 Å². The molecule has 2 heteroatoms. The summed E-state index contributed by atoms with van der Waals surface area (Å²) in [5.74, 6) is 0. The number of aromatic nitrogens is 2. The van der Waals surface area contributed by atoms with Crippen LogP contribution in [0, 0.1) is 5.41 Å². The van der Waals surface area contributed by atoms with E-state index in [4.69, 9.17) is 0 Å². The first-order valence-electron chi connectivity index (χ1n) is 6.80. The Balaban J connectivity index is 0.000000265. The van der Waals surface area contributed by atoms with Crippen LogP contribution in [0.1, 0.15) is 40.2 Å². The zero-order valence-electron chi connectivity index (χ0n) is 13.2. The van der Waals surface area contributed by atoms with Gasteiger partial charge in [0.1, 0.15) is 0 Å². The molecule has 0 atom stereocenters. The van der Waals surface area contributed by atoms with Gasteiger partial charge in [-0.3, -0.25) is 4.68 Å². The van der Waals surface area contributed by atoms with Gasteiger partial charge in [0.05, 0.1) is 0 Å². The summed E-state index contributed by atoms with van der Waals surface area (Å²) >= 11 is 0. The van der Waals surface area contributed by atoms with Crippen molar-refractivity contribution in [3.8, 4) is 0 Å². The van der Waals surface area contributed by atoms with Gasteiger partial charge in [0.2, 0.25) is 0 Å². The van der Waals surface area contributed by atoms with E-state index in [9.17, 15) is 0 Å². The molecule has 106 valence electrons. The molecule has 0 bridgehead atoms. The Labute approximate surface area is 118 Å². The van der Waals surface area contributed by atoms with Gasteiger partial charge in [0.15, 0.2) is 0 Å². The minimum atomic E-state index is 0.500. The maximum absolute atomic E-state index is 3.83. The lowest BCUT2D eigenvalue weighted by molar-refractivity contribution is 0.469. The first-order valence-corrected chi connectivity index (χ1v) is 6.80. The molecule has 2 aromatic rings. The molecule has 0 saturated heterocycles. The highest BCUT2D eigenvalue weighted by Crippen LogP contribution is 2.08. The summed E-state index contributed by atoms with van der Waals surface area (Å²) in [4.78, 5) is 0. The van der Waals surface area contributed by atoms with Crippen molar-refractivity contribution in [2.75, 3.05) is 0 Å². The molecular weight excluding hydrogens is 232 g/mol. The molecule has 1 aromatic heterocycles. The second kappa shape index (κ2) is 9.37. The van der Waals surface area contributed by atoms with Crippen LogP contribution in [0.25, 0.3) is 0 Å². The Morgan fingerprint density at radius 3 is 1.74 bits per heavy atom. The van der Waals surface area contributed by atoms with E-state index in [0.29, 0.717) is 5.41 Å². The van der Waals surface area contributed by atoms with Crippen LogP contribution in [0.2, 0.25) is 0 Å². The summed E-state index contributed by atoms with van der Waals surface area (Å²) in [5, 5.41) is 3.83. The molecule has 0 unspecified atom stereocenters. The minimum Gasteiger partial charge on any atom is -0.276 e. The van der Waals surface area contributed by atoms with Gasteiger partial charge in [0.25, 0.3) is 0 Å². The van der Waals surface area contributed by atoms with Crippen LogP contribution in [0.5, 0.6) is 0 Å². The number of rotatable bonds is 1. The molecule has 0 spiro atoms. The van der Waals surface area contributed by atoms with Gasteiger partial charge in [-0.15, -0.1) is 0 Å². The number of benzene rings is 1. The monoisotopic (exact) mass is 260 g/mol. The Morgan fingerprint density at radius 2 is 1.53 bits per heavy atom. The molecule has 19 heavy (non-hydrogen) atoms. The average Bonchev–Trinajstić information content (AvgIpc) is 2.80. The van der Waals surface area contributed by atoms with Crippen molar-refractivity contribution in [3.05, 3.63) is 54.4 Å². The molecule has 0 aliphatic heterocycles. The van der Waals surface area contributed by atoms with E-state index < -0.39 is 0 Å². The highest BCUT2D eigenvalue weighted by Gasteiger charge is 1.95. The lowest BCUT2D eigenvalue weighted by Gasteiger charge is -2.05. The molecular formula is C17H28N2. The Bertz CT molecular complexity index is 391. The fraction of sp³-hybridized carbons (Fsp3) is 0.471. The maximum Gasteiger partial charge on any atom is 0.0489 e. The summed E-state index contributed by atoms with van der Waals surface area (Å²) in [6.45, 7) is 10.9. The normalized spacial score (nSPS) is 9.79. The van der Waals surface area contributed by atoms with Crippen LogP contribution in [-0.2, 0) is 13.5 Å². The topological polar surface area (TPSA) is 17.8 Å². The molecule has 0 saturated carbocycles. The molecule has 2 rings (SSSR count). The van der Waals surface area contributed by atoms with Crippen LogP contribution >= 0.6 is 0 Å². The van der Waals surface area contributed by atoms with Crippen molar-refractivity contribution < 1.29 is 0 Å². The van der Waals surface area contributed by atoms with Gasteiger partial charge in [0, 0.05) is 19.4 Å². The lowest BCUT2D eigenvalue weighted by atomic mass is 10.0. The standard InChI is InChI=1S/C8H10.C5H12.C4H6N2/c1-2-8-6-4-3-5-7-8;1-5(2,3)4;1-6-4-2-3-5-6/h3-7H,2H2,1H3;1-4H3;2-4H,1H3. The van der Waals surface area contributed by atoms with Crippen LogP contribution in [-0.4, -0.2) is 9.78 Å². The highest BCUT2D eigenvalue weighted by atomic mass is 15.2. The summed E-state index contributed by atoms with van der Waals surface area (Å²) in [6, 6.07) is 12.3. The van der Waals surface area contributed by atoms with Crippen LogP contribution in [0.3, 0.4) is 0 Å². The van der Waals surface area contributed by atoms with Crippen molar-refractivity contribution in [2.24, 2.45) is 12.5 Å². The predicted molar refractivity (Wildman–Crippen MR) is 84.2 cm³/mol. The van der Waals surface area contributed by atoms with E-state index in [1.54, 1.807) is 10.9 Å². The zero-order valence-corrected chi connectivity index (χ0v) is 13.2. The summed E-state index contributed by atoms with van der Waals surface area (Å²) in [5.41, 5.74) is 1.91. The second-order valence-corrected chi connectivity index (χ2v) is 6.02. The van der Waals surface area contributed by atoms with E-state index in [1.807, 2.05) is 25.4 Å². The van der Waals surface area contributed by atoms with Crippen molar-refractivity contribution in [3.63, 3.8) is 0 Å². The number of aryl methyl sites for hydroxylation is 2. The number of hydrogen-bond acceptors (Lipinski definition) is 1. The summed E-state index contributed by atoms with van der Waals surface area (Å²) < 4.78 is 1.75. The first-order chi connectivity index (χ1) is 8.83.